The molecule has 4 rings (SSSR count). The lowest BCUT2D eigenvalue weighted by molar-refractivity contribution is 0.324. The zero-order valence-electron chi connectivity index (χ0n) is 15.6. The molecule has 0 aliphatic rings. The van der Waals surface area contributed by atoms with E-state index in [2.05, 4.69) is 0 Å². The van der Waals surface area contributed by atoms with E-state index in [1.54, 1.807) is 39.5 Å². The first-order chi connectivity index (χ1) is 13.6. The van der Waals surface area contributed by atoms with E-state index in [-0.39, 0.29) is 0 Å². The number of hydrogen-bond donors (Lipinski definition) is 0. The number of fused-ring (bicyclic) bond motifs is 1. The van der Waals surface area contributed by atoms with Gasteiger partial charge in [0.05, 0.1) is 21.3 Å². The maximum absolute atomic E-state index is 11.9. The van der Waals surface area contributed by atoms with Gasteiger partial charge in [-0.15, -0.1) is 0 Å². The minimum Gasteiger partial charge on any atom is -0.493 e. The van der Waals surface area contributed by atoms with E-state index in [0.717, 1.165) is 10.9 Å². The highest BCUT2D eigenvalue weighted by Crippen LogP contribution is 2.42. The first-order valence-corrected chi connectivity index (χ1v) is 8.58. The van der Waals surface area contributed by atoms with Crippen molar-refractivity contribution in [3.63, 3.8) is 0 Å². The van der Waals surface area contributed by atoms with E-state index in [4.69, 9.17) is 23.0 Å². The van der Waals surface area contributed by atoms with Crippen molar-refractivity contribution in [1.82, 2.24) is 0 Å². The maximum Gasteiger partial charge on any atom is 0.336 e. The number of rotatable bonds is 5. The van der Waals surface area contributed by atoms with Crippen molar-refractivity contribution in [2.24, 2.45) is 0 Å². The fourth-order valence-corrected chi connectivity index (χ4v) is 3.18. The molecule has 0 aliphatic heterocycles. The molecule has 0 amide bonds. The molecular formula is C22H18O6. The van der Waals surface area contributed by atoms with Crippen LogP contribution in [0.4, 0.5) is 0 Å². The Morgan fingerprint density at radius 2 is 1.43 bits per heavy atom. The van der Waals surface area contributed by atoms with Crippen molar-refractivity contribution in [3.8, 4) is 39.9 Å². The van der Waals surface area contributed by atoms with Gasteiger partial charge in [-0.2, -0.15) is 0 Å². The highest BCUT2D eigenvalue weighted by Gasteiger charge is 2.17. The van der Waals surface area contributed by atoms with Gasteiger partial charge in [-0.1, -0.05) is 18.2 Å². The lowest BCUT2D eigenvalue weighted by Crippen LogP contribution is -1.97. The van der Waals surface area contributed by atoms with Crippen molar-refractivity contribution < 1.29 is 23.0 Å². The molecule has 0 bridgehead atoms. The summed E-state index contributed by atoms with van der Waals surface area (Å²) in [5, 5.41) is 0.799. The van der Waals surface area contributed by atoms with Crippen molar-refractivity contribution >= 4 is 11.0 Å². The minimum atomic E-state index is -0.431. The number of benzene rings is 2. The monoisotopic (exact) mass is 378 g/mol. The van der Waals surface area contributed by atoms with Crippen LogP contribution in [0.15, 0.2) is 68.2 Å². The number of furan rings is 1. The van der Waals surface area contributed by atoms with Crippen LogP contribution < -0.4 is 19.8 Å². The van der Waals surface area contributed by atoms with E-state index in [1.807, 2.05) is 30.3 Å². The zero-order valence-corrected chi connectivity index (χ0v) is 15.6. The molecule has 0 saturated carbocycles. The third-order valence-electron chi connectivity index (χ3n) is 4.47. The largest absolute Gasteiger partial charge is 0.493 e. The van der Waals surface area contributed by atoms with Gasteiger partial charge in [0.2, 0.25) is 5.75 Å². The van der Waals surface area contributed by atoms with Crippen LogP contribution >= 0.6 is 0 Å². The van der Waals surface area contributed by atoms with Crippen LogP contribution in [0.1, 0.15) is 0 Å². The average molecular weight is 378 g/mol. The number of methoxy groups -OCH3 is 3. The molecule has 0 unspecified atom stereocenters. The Kier molecular flexibility index (Phi) is 4.53. The molecular weight excluding hydrogens is 360 g/mol. The van der Waals surface area contributed by atoms with Crippen molar-refractivity contribution in [2.75, 3.05) is 21.3 Å². The average Bonchev–Trinajstić information content (AvgIpc) is 3.22. The highest BCUT2D eigenvalue weighted by molar-refractivity contribution is 5.92. The normalized spacial score (nSPS) is 10.8. The smallest absolute Gasteiger partial charge is 0.336 e. The van der Waals surface area contributed by atoms with E-state index in [9.17, 15) is 4.79 Å². The van der Waals surface area contributed by atoms with Crippen LogP contribution in [0.3, 0.4) is 0 Å². The predicted molar refractivity (Wildman–Crippen MR) is 105 cm³/mol. The molecule has 2 heterocycles. The molecule has 6 heteroatoms. The summed E-state index contributed by atoms with van der Waals surface area (Å²) < 4.78 is 27.5. The Hall–Kier alpha value is -3.67. The Balaban J connectivity index is 1.84. The molecule has 6 nitrogen and oxygen atoms in total. The van der Waals surface area contributed by atoms with E-state index in [1.165, 1.54) is 6.07 Å². The van der Waals surface area contributed by atoms with Crippen LogP contribution in [-0.2, 0) is 0 Å². The Bertz CT molecular complexity index is 1180. The van der Waals surface area contributed by atoms with Crippen LogP contribution in [-0.4, -0.2) is 21.3 Å². The Morgan fingerprint density at radius 1 is 0.750 bits per heavy atom. The maximum atomic E-state index is 11.9. The number of hydrogen-bond acceptors (Lipinski definition) is 6. The molecule has 142 valence electrons. The van der Waals surface area contributed by atoms with E-state index in [0.29, 0.717) is 39.9 Å². The van der Waals surface area contributed by atoms with Gasteiger partial charge in [-0.05, 0) is 30.3 Å². The van der Waals surface area contributed by atoms with Gasteiger partial charge in [-0.25, -0.2) is 4.79 Å². The molecule has 2 aromatic carbocycles. The van der Waals surface area contributed by atoms with Crippen molar-refractivity contribution in [3.05, 3.63) is 65.0 Å². The quantitative estimate of drug-likeness (QED) is 0.467. The van der Waals surface area contributed by atoms with Gasteiger partial charge in [0.25, 0.3) is 0 Å². The number of ether oxygens (including phenoxy) is 3. The fourth-order valence-electron chi connectivity index (χ4n) is 3.18. The Labute approximate surface area is 160 Å². The minimum absolute atomic E-state index is 0.431. The lowest BCUT2D eigenvalue weighted by atomic mass is 10.1. The zero-order chi connectivity index (χ0) is 19.7. The van der Waals surface area contributed by atoms with Crippen LogP contribution in [0.5, 0.6) is 17.2 Å². The van der Waals surface area contributed by atoms with Gasteiger partial charge in [0.15, 0.2) is 11.5 Å². The molecule has 0 fully saturated rings. The van der Waals surface area contributed by atoms with E-state index >= 15 is 0 Å². The second kappa shape index (κ2) is 7.15. The van der Waals surface area contributed by atoms with Gasteiger partial charge in [0, 0.05) is 22.6 Å². The standard InChI is InChI=1S/C22H18O6/c1-24-19-10-13(11-20(25-2)22(19)26-3)16-8-9-18(27-16)15-12-21(23)28-17-7-5-4-6-14(15)17/h4-12H,1-3H3. The van der Waals surface area contributed by atoms with Gasteiger partial charge < -0.3 is 23.0 Å². The SMILES string of the molecule is COc1cc(-c2ccc(-c3cc(=O)oc4ccccc34)o2)cc(OC)c1OC. The molecule has 0 spiro atoms. The van der Waals surface area contributed by atoms with Crippen LogP contribution in [0.25, 0.3) is 33.6 Å². The topological polar surface area (TPSA) is 71.0 Å². The van der Waals surface area contributed by atoms with E-state index < -0.39 is 5.63 Å². The summed E-state index contributed by atoms with van der Waals surface area (Å²) in [6.45, 7) is 0. The summed E-state index contributed by atoms with van der Waals surface area (Å²) in [5.74, 6) is 2.73. The molecule has 0 saturated heterocycles. The predicted octanol–water partition coefficient (Wildman–Crippen LogP) is 4.75. The summed E-state index contributed by atoms with van der Waals surface area (Å²) >= 11 is 0. The summed E-state index contributed by atoms with van der Waals surface area (Å²) in [5.41, 5.74) is 1.51. The lowest BCUT2D eigenvalue weighted by Gasteiger charge is -2.13. The summed E-state index contributed by atoms with van der Waals surface area (Å²) in [4.78, 5) is 11.9. The second-order valence-corrected chi connectivity index (χ2v) is 6.05. The Morgan fingerprint density at radius 3 is 2.11 bits per heavy atom. The van der Waals surface area contributed by atoms with Crippen molar-refractivity contribution in [2.45, 2.75) is 0 Å². The second-order valence-electron chi connectivity index (χ2n) is 6.05. The molecule has 0 radical (unpaired) electrons. The van der Waals surface area contributed by atoms with Gasteiger partial charge in [0.1, 0.15) is 17.1 Å². The molecule has 4 aromatic rings. The molecule has 28 heavy (non-hydrogen) atoms. The van der Waals surface area contributed by atoms with Crippen molar-refractivity contribution in [1.29, 1.82) is 0 Å². The fraction of sp³-hybridized carbons (Fsp3) is 0.136. The highest BCUT2D eigenvalue weighted by atomic mass is 16.5. The first-order valence-electron chi connectivity index (χ1n) is 8.58. The van der Waals surface area contributed by atoms with Gasteiger partial charge in [-0.3, -0.25) is 0 Å². The third kappa shape index (κ3) is 2.99. The molecule has 0 N–H and O–H groups in total. The molecule has 0 atom stereocenters. The van der Waals surface area contributed by atoms with Crippen LogP contribution in [0.2, 0.25) is 0 Å². The first kappa shape index (κ1) is 17.7. The van der Waals surface area contributed by atoms with Crippen LogP contribution in [0, 0.1) is 0 Å². The molecule has 2 aromatic heterocycles. The third-order valence-corrected chi connectivity index (χ3v) is 4.47. The molecule has 0 aliphatic carbocycles. The summed E-state index contributed by atoms with van der Waals surface area (Å²) in [6.07, 6.45) is 0. The summed E-state index contributed by atoms with van der Waals surface area (Å²) in [6, 6.07) is 16.0. The van der Waals surface area contributed by atoms with Gasteiger partial charge >= 0.3 is 5.63 Å². The number of para-hydroxylation sites is 1. The summed E-state index contributed by atoms with van der Waals surface area (Å²) in [7, 11) is 4.67.